The van der Waals surface area contributed by atoms with E-state index >= 15 is 0 Å². The Morgan fingerprint density at radius 2 is 1.61 bits per heavy atom. The molecule has 0 aliphatic carbocycles. The van der Waals surface area contributed by atoms with Gasteiger partial charge in [0, 0.05) is 39.2 Å². The van der Waals surface area contributed by atoms with Gasteiger partial charge in [0.1, 0.15) is 5.37 Å². The van der Waals surface area contributed by atoms with Gasteiger partial charge >= 0.3 is 18.1 Å². The van der Waals surface area contributed by atoms with E-state index in [1.807, 2.05) is 24.3 Å². The monoisotopic (exact) mass is 598 g/mol. The standard InChI is InChI=1S/C28H29F5N4O3S.H2/c29-27(30,28(31,32)33)17-37-24(39)22(41-25(37)19-7-2-1-3-8-19)16-23(38)35-13-11-20(12-14-35)36-15-10-18-6-4-5-9-21(18)34-26(36)40;/h1-9,20,22,25H,10-17H2,(H,34,40);1H. The summed E-state index contributed by atoms with van der Waals surface area (Å²) < 4.78 is 67.0. The van der Waals surface area contributed by atoms with E-state index in [2.05, 4.69) is 5.32 Å². The third kappa shape index (κ3) is 6.14. The van der Waals surface area contributed by atoms with Crippen molar-refractivity contribution in [1.29, 1.82) is 0 Å². The Hall–Kier alpha value is -3.35. The number of halogens is 5. The van der Waals surface area contributed by atoms with Crippen molar-refractivity contribution in [2.24, 2.45) is 0 Å². The summed E-state index contributed by atoms with van der Waals surface area (Å²) in [5.74, 6) is -6.40. The zero-order chi connectivity index (χ0) is 29.4. The summed E-state index contributed by atoms with van der Waals surface area (Å²) in [6, 6.07) is 15.3. The predicted molar refractivity (Wildman–Crippen MR) is 145 cm³/mol. The maximum Gasteiger partial charge on any atom is 0.455 e. The van der Waals surface area contributed by atoms with Crippen LogP contribution in [-0.4, -0.2) is 82.1 Å². The van der Waals surface area contributed by atoms with Crippen LogP contribution < -0.4 is 5.32 Å². The Labute approximate surface area is 239 Å². The number of amides is 4. The molecular formula is C28H31F5N4O3S. The quantitative estimate of drug-likeness (QED) is 0.443. The molecular weight excluding hydrogens is 567 g/mol. The first-order valence-electron chi connectivity index (χ1n) is 13.3. The highest BCUT2D eigenvalue weighted by Gasteiger charge is 2.60. The normalized spacial score (nSPS) is 22.4. The number of anilines is 1. The number of thioether (sulfide) groups is 1. The smallest absolute Gasteiger partial charge is 0.342 e. The van der Waals surface area contributed by atoms with Crippen molar-refractivity contribution in [1.82, 2.24) is 14.7 Å². The summed E-state index contributed by atoms with van der Waals surface area (Å²) in [7, 11) is 0. The second-order valence-electron chi connectivity index (χ2n) is 10.4. The molecule has 0 bridgehead atoms. The molecule has 2 atom stereocenters. The molecule has 0 radical (unpaired) electrons. The number of hydrogen-bond acceptors (Lipinski definition) is 4. The number of alkyl halides is 5. The first kappa shape index (κ1) is 29.2. The fourth-order valence-corrected chi connectivity index (χ4v) is 6.96. The van der Waals surface area contributed by atoms with Crippen LogP contribution in [0.15, 0.2) is 54.6 Å². The Balaban J connectivity index is 0.00000405. The fraction of sp³-hybridized carbons (Fsp3) is 0.464. The van der Waals surface area contributed by atoms with Gasteiger partial charge in [-0.3, -0.25) is 9.59 Å². The highest BCUT2D eigenvalue weighted by molar-refractivity contribution is 8.01. The minimum Gasteiger partial charge on any atom is -0.342 e. The number of nitrogens with zero attached hydrogens (tertiary/aromatic N) is 3. The molecule has 2 aromatic rings. The van der Waals surface area contributed by atoms with Gasteiger partial charge in [0.05, 0.1) is 11.8 Å². The lowest BCUT2D eigenvalue weighted by Crippen LogP contribution is -2.50. The van der Waals surface area contributed by atoms with Gasteiger partial charge in [0.2, 0.25) is 11.8 Å². The molecule has 3 aliphatic rings. The summed E-state index contributed by atoms with van der Waals surface area (Å²) in [6.45, 7) is -0.610. The lowest BCUT2D eigenvalue weighted by Gasteiger charge is -2.38. The highest BCUT2D eigenvalue weighted by atomic mass is 32.2. The average molecular weight is 599 g/mol. The first-order chi connectivity index (χ1) is 19.4. The van der Waals surface area contributed by atoms with E-state index in [0.29, 0.717) is 49.4 Å². The van der Waals surface area contributed by atoms with Crippen LogP contribution in [0.3, 0.4) is 0 Å². The summed E-state index contributed by atoms with van der Waals surface area (Å²) in [6.07, 6.45) is -4.38. The van der Waals surface area contributed by atoms with E-state index in [9.17, 15) is 36.3 Å². The van der Waals surface area contributed by atoms with Crippen molar-refractivity contribution in [3.05, 3.63) is 65.7 Å². The molecule has 2 saturated heterocycles. The maximum absolute atomic E-state index is 14.0. The predicted octanol–water partition coefficient (Wildman–Crippen LogP) is 5.54. The molecule has 2 unspecified atom stereocenters. The molecule has 13 heteroatoms. The van der Waals surface area contributed by atoms with Crippen LogP contribution in [0.1, 0.15) is 37.2 Å². The van der Waals surface area contributed by atoms with Gasteiger partial charge in [-0.05, 0) is 36.5 Å². The molecule has 1 N–H and O–H groups in total. The molecule has 0 saturated carbocycles. The van der Waals surface area contributed by atoms with Gasteiger partial charge in [-0.2, -0.15) is 22.0 Å². The topological polar surface area (TPSA) is 73.0 Å². The minimum atomic E-state index is -5.81. The van der Waals surface area contributed by atoms with Gasteiger partial charge in [-0.25, -0.2) is 4.79 Å². The Kier molecular flexibility index (Phi) is 8.18. The minimum absolute atomic E-state index is 0. The number of piperidine rings is 1. The van der Waals surface area contributed by atoms with Gasteiger partial charge in [0.25, 0.3) is 0 Å². The number of carbonyl (C=O) groups excluding carboxylic acids is 3. The Bertz CT molecular complexity index is 1290. The van der Waals surface area contributed by atoms with E-state index in [0.717, 1.165) is 23.0 Å². The molecule has 3 heterocycles. The largest absolute Gasteiger partial charge is 0.455 e. The van der Waals surface area contributed by atoms with Crippen LogP contribution in [0.2, 0.25) is 0 Å². The van der Waals surface area contributed by atoms with E-state index in [1.54, 1.807) is 40.1 Å². The maximum atomic E-state index is 14.0. The van der Waals surface area contributed by atoms with Crippen molar-refractivity contribution < 1.29 is 37.8 Å². The van der Waals surface area contributed by atoms with Crippen molar-refractivity contribution in [3.63, 3.8) is 0 Å². The summed E-state index contributed by atoms with van der Waals surface area (Å²) in [5.41, 5.74) is 2.23. The lowest BCUT2D eigenvalue weighted by atomic mass is 10.0. The Morgan fingerprint density at radius 3 is 2.29 bits per heavy atom. The molecule has 4 amide bonds. The second kappa shape index (κ2) is 11.5. The first-order valence-corrected chi connectivity index (χ1v) is 14.3. The number of nitrogens with one attached hydrogen (secondary N) is 1. The number of para-hydroxylation sites is 1. The van der Waals surface area contributed by atoms with Gasteiger partial charge < -0.3 is 20.0 Å². The van der Waals surface area contributed by atoms with Crippen LogP contribution >= 0.6 is 11.8 Å². The summed E-state index contributed by atoms with van der Waals surface area (Å²) in [5, 5.41) is 0.771. The van der Waals surface area contributed by atoms with Crippen LogP contribution in [0, 0.1) is 0 Å². The molecule has 7 nitrogen and oxygen atoms in total. The lowest BCUT2D eigenvalue weighted by molar-refractivity contribution is -0.285. The SMILES string of the molecule is O=C(CC1SC(c2ccccc2)N(CC(F)(F)C(F)(F)F)C1=O)N1CCC(N2CCc3ccccc3NC2=O)CC1.[HH]. The van der Waals surface area contributed by atoms with Crippen LogP contribution in [0.4, 0.5) is 32.4 Å². The van der Waals surface area contributed by atoms with Crippen molar-refractivity contribution in [2.45, 2.75) is 54.4 Å². The van der Waals surface area contributed by atoms with Crippen LogP contribution in [0.5, 0.6) is 0 Å². The van der Waals surface area contributed by atoms with Gasteiger partial charge in [-0.1, -0.05) is 48.5 Å². The van der Waals surface area contributed by atoms with E-state index < -0.39 is 35.2 Å². The molecule has 222 valence electrons. The van der Waals surface area contributed by atoms with Gasteiger partial charge in [0.15, 0.2) is 0 Å². The van der Waals surface area contributed by atoms with Gasteiger partial charge in [-0.15, -0.1) is 11.8 Å². The summed E-state index contributed by atoms with van der Waals surface area (Å²) >= 11 is 0.911. The fourth-order valence-electron chi connectivity index (χ4n) is 5.52. The van der Waals surface area contributed by atoms with Crippen molar-refractivity contribution >= 4 is 35.3 Å². The van der Waals surface area contributed by atoms with E-state index in [4.69, 9.17) is 0 Å². The zero-order valence-corrected chi connectivity index (χ0v) is 22.8. The Morgan fingerprint density at radius 1 is 0.951 bits per heavy atom. The van der Waals surface area contributed by atoms with Crippen LogP contribution in [0.25, 0.3) is 0 Å². The number of likely N-dealkylation sites (tertiary alicyclic amines) is 1. The van der Waals surface area contributed by atoms with E-state index in [-0.39, 0.29) is 25.8 Å². The number of carbonyl (C=O) groups is 3. The number of rotatable bonds is 6. The number of urea groups is 1. The number of hydrogen-bond donors (Lipinski definition) is 1. The van der Waals surface area contributed by atoms with Crippen molar-refractivity contribution in [3.8, 4) is 0 Å². The second-order valence-corrected chi connectivity index (χ2v) is 11.7. The van der Waals surface area contributed by atoms with Crippen molar-refractivity contribution in [2.75, 3.05) is 31.5 Å². The highest BCUT2D eigenvalue weighted by Crippen LogP contribution is 2.47. The third-order valence-electron chi connectivity index (χ3n) is 7.76. The number of benzene rings is 2. The molecule has 5 rings (SSSR count). The van der Waals surface area contributed by atoms with Crippen LogP contribution in [-0.2, 0) is 16.0 Å². The molecule has 3 aliphatic heterocycles. The third-order valence-corrected chi connectivity index (χ3v) is 9.24. The molecule has 41 heavy (non-hydrogen) atoms. The molecule has 0 aromatic heterocycles. The zero-order valence-electron chi connectivity index (χ0n) is 21.9. The molecule has 2 aromatic carbocycles. The molecule has 0 spiro atoms. The molecule has 2 fully saturated rings. The number of fused-ring (bicyclic) bond motifs is 1. The average Bonchev–Trinajstić information content (AvgIpc) is 3.12. The van der Waals surface area contributed by atoms with E-state index in [1.165, 1.54) is 0 Å². The summed E-state index contributed by atoms with van der Waals surface area (Å²) in [4.78, 5) is 43.0.